The van der Waals surface area contributed by atoms with E-state index in [1.807, 2.05) is 80.2 Å². The molecular weight excluding hydrogens is 512 g/mol. The fourth-order valence-corrected chi connectivity index (χ4v) is 5.65. The zero-order valence-corrected chi connectivity index (χ0v) is 24.0. The minimum absolute atomic E-state index is 0.0275. The second-order valence-electron chi connectivity index (χ2n) is 9.95. The number of esters is 1. The number of aryl methyl sites for hydroxylation is 1. The van der Waals surface area contributed by atoms with E-state index in [0.29, 0.717) is 35.2 Å². The lowest BCUT2D eigenvalue weighted by Crippen LogP contribution is -2.43. The van der Waals surface area contributed by atoms with E-state index in [-0.39, 0.29) is 12.0 Å². The van der Waals surface area contributed by atoms with Gasteiger partial charge in [-0.05, 0) is 74.4 Å². The number of ether oxygens (including phenoxy) is 2. The summed E-state index contributed by atoms with van der Waals surface area (Å²) in [4.78, 5) is 30.1. The standard InChI is InChI=1S/C31H36N2O5S/c1-6-15-33(21(3)34)18-25(38-31(36)22-11-13-23(14-12-22)32(4)5)19-37-24-16-20(2)30-27(17-24)29(35)26-9-7-8-10-28(26)39-30/h7-14,16-17,21,25,34H,6,15,18-19H2,1-5H3. The first-order chi connectivity index (χ1) is 18.7. The van der Waals surface area contributed by atoms with Crippen LogP contribution in [0, 0.1) is 6.92 Å². The van der Waals surface area contributed by atoms with Crippen molar-refractivity contribution < 1.29 is 19.4 Å². The van der Waals surface area contributed by atoms with Crippen LogP contribution >= 0.6 is 11.3 Å². The maximum absolute atomic E-state index is 13.2. The minimum atomic E-state index is -0.703. The molecule has 0 fully saturated rings. The summed E-state index contributed by atoms with van der Waals surface area (Å²) in [5.74, 6) is 0.0795. The average molecular weight is 549 g/mol. The Balaban J connectivity index is 1.58. The molecule has 4 rings (SSSR count). The lowest BCUT2D eigenvalue weighted by molar-refractivity contribution is -0.0339. The Labute approximate surface area is 233 Å². The third-order valence-corrected chi connectivity index (χ3v) is 7.96. The van der Waals surface area contributed by atoms with Crippen LogP contribution in [0.3, 0.4) is 0 Å². The number of nitrogens with zero attached hydrogens (tertiary/aromatic N) is 2. The highest BCUT2D eigenvalue weighted by molar-refractivity contribution is 7.24. The lowest BCUT2D eigenvalue weighted by atomic mass is 10.1. The van der Waals surface area contributed by atoms with Crippen molar-refractivity contribution in [2.24, 2.45) is 0 Å². The van der Waals surface area contributed by atoms with Crippen molar-refractivity contribution in [1.82, 2.24) is 4.90 Å². The second kappa shape index (κ2) is 12.6. The van der Waals surface area contributed by atoms with Crippen LogP contribution < -0.4 is 15.1 Å². The molecule has 7 nitrogen and oxygen atoms in total. The second-order valence-corrected chi connectivity index (χ2v) is 11.0. The fourth-order valence-electron chi connectivity index (χ4n) is 4.53. The molecule has 0 saturated heterocycles. The van der Waals surface area contributed by atoms with Gasteiger partial charge >= 0.3 is 5.97 Å². The largest absolute Gasteiger partial charge is 0.490 e. The van der Waals surface area contributed by atoms with Gasteiger partial charge in [-0.25, -0.2) is 4.79 Å². The van der Waals surface area contributed by atoms with Crippen LogP contribution in [-0.4, -0.2) is 62.1 Å². The summed E-state index contributed by atoms with van der Waals surface area (Å²) in [7, 11) is 3.87. The number of benzene rings is 3. The molecule has 3 aromatic carbocycles. The summed E-state index contributed by atoms with van der Waals surface area (Å²) in [5.41, 5.74) is 2.34. The minimum Gasteiger partial charge on any atom is -0.490 e. The van der Waals surface area contributed by atoms with Gasteiger partial charge in [-0.1, -0.05) is 19.1 Å². The molecule has 1 heterocycles. The first-order valence-electron chi connectivity index (χ1n) is 13.2. The third kappa shape index (κ3) is 6.76. The number of carbonyl (C=O) groups excluding carboxylic acids is 1. The first-order valence-corrected chi connectivity index (χ1v) is 14.0. The van der Waals surface area contributed by atoms with Gasteiger partial charge in [0, 0.05) is 53.0 Å². The summed E-state index contributed by atoms with van der Waals surface area (Å²) in [6, 6.07) is 18.5. The number of rotatable bonds is 11. The van der Waals surface area contributed by atoms with Crippen molar-refractivity contribution in [3.8, 4) is 5.75 Å². The Bertz CT molecular complexity index is 1500. The summed E-state index contributed by atoms with van der Waals surface area (Å²) < 4.78 is 13.9. The molecule has 1 N–H and O–H groups in total. The van der Waals surface area contributed by atoms with Gasteiger partial charge in [0.25, 0.3) is 0 Å². The smallest absolute Gasteiger partial charge is 0.338 e. The van der Waals surface area contributed by atoms with E-state index in [9.17, 15) is 14.7 Å². The van der Waals surface area contributed by atoms with Crippen molar-refractivity contribution in [3.63, 3.8) is 0 Å². The van der Waals surface area contributed by atoms with Gasteiger partial charge in [0.15, 0.2) is 5.43 Å². The zero-order chi connectivity index (χ0) is 28.1. The normalized spacial score (nSPS) is 13.0. The molecule has 8 heteroatoms. The summed E-state index contributed by atoms with van der Waals surface area (Å²) in [5, 5.41) is 11.6. The van der Waals surface area contributed by atoms with Crippen LogP contribution in [0.1, 0.15) is 36.2 Å². The predicted molar refractivity (Wildman–Crippen MR) is 159 cm³/mol. The van der Waals surface area contributed by atoms with Crippen molar-refractivity contribution in [3.05, 3.63) is 82.0 Å². The Kier molecular flexibility index (Phi) is 9.22. The van der Waals surface area contributed by atoms with E-state index in [1.54, 1.807) is 36.5 Å². The average Bonchev–Trinajstić information content (AvgIpc) is 2.92. The van der Waals surface area contributed by atoms with Gasteiger partial charge in [0.05, 0.1) is 5.56 Å². The Morgan fingerprint density at radius 1 is 1.05 bits per heavy atom. The monoisotopic (exact) mass is 548 g/mol. The number of hydrogen-bond acceptors (Lipinski definition) is 8. The number of anilines is 1. The highest BCUT2D eigenvalue weighted by atomic mass is 32.1. The maximum atomic E-state index is 13.2. The predicted octanol–water partition coefficient (Wildman–Crippen LogP) is 5.44. The fraction of sp³-hybridized carbons (Fsp3) is 0.355. The van der Waals surface area contributed by atoms with Crippen LogP contribution in [0.4, 0.5) is 5.69 Å². The molecule has 4 aromatic rings. The van der Waals surface area contributed by atoms with Crippen molar-refractivity contribution in [2.75, 3.05) is 38.7 Å². The summed E-state index contributed by atoms with van der Waals surface area (Å²) in [6.45, 7) is 6.72. The van der Waals surface area contributed by atoms with Crippen LogP contribution in [-0.2, 0) is 4.74 Å². The highest BCUT2D eigenvalue weighted by Crippen LogP contribution is 2.30. The molecule has 0 amide bonds. The third-order valence-electron chi connectivity index (χ3n) is 6.64. The molecule has 0 aliphatic heterocycles. The molecule has 0 saturated carbocycles. The summed E-state index contributed by atoms with van der Waals surface area (Å²) >= 11 is 1.59. The van der Waals surface area contributed by atoms with Gasteiger partial charge < -0.3 is 19.5 Å². The molecule has 2 unspecified atom stereocenters. The zero-order valence-electron chi connectivity index (χ0n) is 23.1. The topological polar surface area (TPSA) is 79.3 Å². The number of fused-ring (bicyclic) bond motifs is 2. The number of aliphatic hydroxyl groups is 1. The van der Waals surface area contributed by atoms with Gasteiger partial charge in [-0.15, -0.1) is 11.3 Å². The van der Waals surface area contributed by atoms with Crippen molar-refractivity contribution >= 4 is 43.2 Å². The summed E-state index contributed by atoms with van der Waals surface area (Å²) in [6.07, 6.45) is -0.510. The van der Waals surface area contributed by atoms with E-state index in [1.165, 1.54) is 0 Å². The number of aliphatic hydroxyl groups excluding tert-OH is 1. The number of carbonyl (C=O) groups is 1. The number of hydrogen-bond donors (Lipinski definition) is 1. The van der Waals surface area contributed by atoms with Crippen LogP contribution in [0.25, 0.3) is 20.2 Å². The van der Waals surface area contributed by atoms with Gasteiger partial charge in [-0.2, -0.15) is 0 Å². The molecule has 0 aliphatic rings. The molecule has 0 bridgehead atoms. The van der Waals surface area contributed by atoms with Gasteiger partial charge in [-0.3, -0.25) is 9.69 Å². The molecule has 0 spiro atoms. The van der Waals surface area contributed by atoms with Gasteiger partial charge in [0.2, 0.25) is 0 Å². The van der Waals surface area contributed by atoms with Crippen molar-refractivity contribution in [1.29, 1.82) is 0 Å². The molecule has 0 aliphatic carbocycles. The first kappa shape index (κ1) is 28.5. The van der Waals surface area contributed by atoms with Crippen molar-refractivity contribution in [2.45, 2.75) is 39.5 Å². The Morgan fingerprint density at radius 3 is 2.44 bits per heavy atom. The van der Waals surface area contributed by atoms with E-state index >= 15 is 0 Å². The van der Waals surface area contributed by atoms with E-state index < -0.39 is 18.3 Å². The molecule has 39 heavy (non-hydrogen) atoms. The van der Waals surface area contributed by atoms with Crippen LogP contribution in [0.2, 0.25) is 0 Å². The van der Waals surface area contributed by atoms with E-state index in [0.717, 1.165) is 27.1 Å². The van der Waals surface area contributed by atoms with E-state index in [4.69, 9.17) is 9.47 Å². The van der Waals surface area contributed by atoms with Crippen LogP contribution in [0.5, 0.6) is 5.75 Å². The molecule has 0 radical (unpaired) electrons. The molecule has 206 valence electrons. The highest BCUT2D eigenvalue weighted by Gasteiger charge is 2.23. The Morgan fingerprint density at radius 2 is 1.77 bits per heavy atom. The SMILES string of the molecule is CCCN(CC(COc1cc(C)c2sc3ccccc3c(=O)c2c1)OC(=O)c1ccc(N(C)C)cc1)C(C)O. The quantitative estimate of drug-likeness (QED) is 0.152. The van der Waals surface area contributed by atoms with E-state index in [2.05, 4.69) is 0 Å². The molecule has 1 aromatic heterocycles. The van der Waals surface area contributed by atoms with Crippen LogP contribution in [0.15, 0.2) is 65.5 Å². The molecule has 2 atom stereocenters. The Hall–Kier alpha value is -3.46. The lowest BCUT2D eigenvalue weighted by Gasteiger charge is -2.29. The van der Waals surface area contributed by atoms with Gasteiger partial charge in [0.1, 0.15) is 24.7 Å². The maximum Gasteiger partial charge on any atom is 0.338 e. The molecular formula is C31H36N2O5S.